The summed E-state index contributed by atoms with van der Waals surface area (Å²) in [7, 11) is 4.30. The van der Waals surface area contributed by atoms with E-state index in [9.17, 15) is 19.2 Å². The summed E-state index contributed by atoms with van der Waals surface area (Å²) in [4.78, 5) is 40.1. The predicted octanol–water partition coefficient (Wildman–Crippen LogP) is 1.80. The third kappa shape index (κ3) is 59.3. The Labute approximate surface area is 211 Å². The molecular formula is C23H50N2O10. The summed E-state index contributed by atoms with van der Waals surface area (Å²) in [6.07, 6.45) is 0.707. The van der Waals surface area contributed by atoms with Gasteiger partial charge in [0.2, 0.25) is 5.91 Å². The molecular weight excluding hydrogens is 464 g/mol. The molecule has 0 aromatic heterocycles. The van der Waals surface area contributed by atoms with Crippen molar-refractivity contribution in [3.63, 3.8) is 0 Å². The lowest BCUT2D eigenvalue weighted by Crippen LogP contribution is -2.21. The van der Waals surface area contributed by atoms with Crippen LogP contribution in [0.15, 0.2) is 0 Å². The third-order valence-corrected chi connectivity index (χ3v) is 3.23. The number of amides is 2. The number of hydrogen-bond donors (Lipinski definition) is 4. The van der Waals surface area contributed by atoms with Crippen LogP contribution in [0.4, 0.5) is 4.79 Å². The summed E-state index contributed by atoms with van der Waals surface area (Å²) in [5.41, 5.74) is 0. The molecule has 12 heteroatoms. The lowest BCUT2D eigenvalue weighted by atomic mass is 10.3. The zero-order valence-corrected chi connectivity index (χ0v) is 23.3. The molecule has 12 nitrogen and oxygen atoms in total. The number of carbonyl (C=O) groups excluding carboxylic acids is 4. The molecule has 2 atom stereocenters. The molecule has 0 saturated heterocycles. The van der Waals surface area contributed by atoms with Gasteiger partial charge in [0.25, 0.3) is 0 Å². The van der Waals surface area contributed by atoms with Crippen molar-refractivity contribution >= 4 is 23.9 Å². The number of hydrogen-bond acceptors (Lipinski definition) is 10. The minimum Gasteiger partial charge on any atom is -0.469 e. The van der Waals surface area contributed by atoms with Crippen LogP contribution in [0.25, 0.3) is 0 Å². The maximum Gasteiger partial charge on any atom is 0.406 e. The molecule has 0 aliphatic rings. The molecule has 0 saturated carbocycles. The van der Waals surface area contributed by atoms with E-state index in [2.05, 4.69) is 29.6 Å². The predicted molar refractivity (Wildman–Crippen MR) is 134 cm³/mol. The SMILES string of the molecule is CCC(=O)OC.CCC(O)COC.CCC(O)COC(C)=O.CCNC(=O)OC.CCNC(C)=O. The smallest absolute Gasteiger partial charge is 0.406 e. The Morgan fingerprint density at radius 1 is 0.743 bits per heavy atom. The van der Waals surface area contributed by atoms with E-state index < -0.39 is 6.10 Å². The van der Waals surface area contributed by atoms with E-state index in [1.165, 1.54) is 28.1 Å². The van der Waals surface area contributed by atoms with Crippen LogP contribution in [0, 0.1) is 0 Å². The fourth-order valence-electron chi connectivity index (χ4n) is 1.25. The molecule has 212 valence electrons. The lowest BCUT2D eigenvalue weighted by Gasteiger charge is -2.05. The van der Waals surface area contributed by atoms with Gasteiger partial charge in [-0.2, -0.15) is 0 Å². The van der Waals surface area contributed by atoms with Crippen LogP contribution in [0.3, 0.4) is 0 Å². The monoisotopic (exact) mass is 514 g/mol. The Morgan fingerprint density at radius 3 is 1.34 bits per heavy atom. The van der Waals surface area contributed by atoms with Gasteiger partial charge in [-0.05, 0) is 26.7 Å². The minimum absolute atomic E-state index is 0.0394. The Bertz CT molecular complexity index is 485. The largest absolute Gasteiger partial charge is 0.469 e. The first kappa shape index (κ1) is 42.7. The number of esters is 2. The summed E-state index contributed by atoms with van der Waals surface area (Å²) in [6.45, 7) is 14.0. The van der Waals surface area contributed by atoms with E-state index in [4.69, 9.17) is 10.2 Å². The molecule has 2 unspecified atom stereocenters. The van der Waals surface area contributed by atoms with Crippen LogP contribution in [0.1, 0.15) is 67.7 Å². The first-order valence-electron chi connectivity index (χ1n) is 11.5. The second-order valence-corrected chi connectivity index (χ2v) is 6.42. The topological polar surface area (TPSA) is 170 Å². The van der Waals surface area contributed by atoms with Gasteiger partial charge in [0, 0.05) is 40.5 Å². The Morgan fingerprint density at radius 2 is 1.20 bits per heavy atom. The average Bonchev–Trinajstić information content (AvgIpc) is 2.83. The summed E-state index contributed by atoms with van der Waals surface area (Å²) >= 11 is 0. The van der Waals surface area contributed by atoms with Gasteiger partial charge in [-0.3, -0.25) is 14.4 Å². The summed E-state index contributed by atoms with van der Waals surface area (Å²) in [5.74, 6) is -0.463. The van der Waals surface area contributed by atoms with Crippen molar-refractivity contribution in [2.45, 2.75) is 79.9 Å². The highest BCUT2D eigenvalue weighted by Crippen LogP contribution is 1.90. The first-order valence-corrected chi connectivity index (χ1v) is 11.5. The number of rotatable bonds is 9. The standard InChI is InChI=1S/C6H12O3.C5H12O2.C4H9NO2.C4H9NO.C4H8O2/c1-3-6(8)4-9-5(2)7;1-3-5(6)4-7-2;1-3-5-4(6)7-2;1-3-5-4(2)6;1-3-4(5)6-2/h6,8H,3-4H2,1-2H3;5-6H,3-4H2,1-2H3;3H2,1-2H3,(H,5,6);3H2,1-2H3,(H,5,6);3H2,1-2H3. The van der Waals surface area contributed by atoms with Crippen molar-refractivity contribution in [2.24, 2.45) is 0 Å². The normalized spacial score (nSPS) is 10.3. The van der Waals surface area contributed by atoms with E-state index in [1.54, 1.807) is 14.0 Å². The Kier molecular flexibility index (Phi) is 44.1. The zero-order valence-electron chi connectivity index (χ0n) is 23.3. The maximum absolute atomic E-state index is 10.1. The molecule has 0 aliphatic heterocycles. The lowest BCUT2D eigenvalue weighted by molar-refractivity contribution is -0.144. The molecule has 2 amide bonds. The summed E-state index contributed by atoms with van der Waals surface area (Å²) in [6, 6.07) is 0. The van der Waals surface area contributed by atoms with E-state index in [0.717, 1.165) is 13.0 Å². The number of aliphatic hydroxyl groups is 2. The molecule has 0 rings (SSSR count). The number of carbonyl (C=O) groups is 4. The summed E-state index contributed by atoms with van der Waals surface area (Å²) < 4.78 is 17.7. The molecule has 0 bridgehead atoms. The number of aliphatic hydroxyl groups excluding tert-OH is 2. The second-order valence-electron chi connectivity index (χ2n) is 6.42. The fourth-order valence-corrected chi connectivity index (χ4v) is 1.25. The summed E-state index contributed by atoms with van der Waals surface area (Å²) in [5, 5.41) is 22.6. The van der Waals surface area contributed by atoms with Gasteiger partial charge < -0.3 is 39.8 Å². The van der Waals surface area contributed by atoms with Gasteiger partial charge in [0.1, 0.15) is 6.61 Å². The molecule has 0 fully saturated rings. The third-order valence-electron chi connectivity index (χ3n) is 3.23. The van der Waals surface area contributed by atoms with Crippen molar-refractivity contribution < 1.29 is 48.3 Å². The van der Waals surface area contributed by atoms with Crippen LogP contribution < -0.4 is 10.6 Å². The molecule has 0 aliphatic carbocycles. The Hall–Kier alpha value is -2.44. The van der Waals surface area contributed by atoms with Gasteiger partial charge in [-0.1, -0.05) is 20.8 Å². The van der Waals surface area contributed by atoms with Crippen LogP contribution in [0.2, 0.25) is 0 Å². The van der Waals surface area contributed by atoms with Gasteiger partial charge in [0.15, 0.2) is 0 Å². The highest BCUT2D eigenvalue weighted by Gasteiger charge is 2.01. The quantitative estimate of drug-likeness (QED) is 0.263. The first-order chi connectivity index (χ1) is 16.4. The van der Waals surface area contributed by atoms with Crippen molar-refractivity contribution in [1.29, 1.82) is 0 Å². The molecule has 0 spiro atoms. The molecule has 0 radical (unpaired) electrons. The molecule has 35 heavy (non-hydrogen) atoms. The van der Waals surface area contributed by atoms with E-state index in [-0.39, 0.29) is 36.6 Å². The maximum atomic E-state index is 10.1. The number of alkyl carbamates (subject to hydrolysis) is 1. The fraction of sp³-hybridized carbons (Fsp3) is 0.826. The van der Waals surface area contributed by atoms with E-state index in [1.807, 2.05) is 27.7 Å². The van der Waals surface area contributed by atoms with Crippen molar-refractivity contribution in [3.05, 3.63) is 0 Å². The Balaban J connectivity index is -0.000000108. The minimum atomic E-state index is -0.506. The van der Waals surface area contributed by atoms with Crippen molar-refractivity contribution in [3.8, 4) is 0 Å². The molecule has 0 aromatic rings. The van der Waals surface area contributed by atoms with Crippen LogP contribution >= 0.6 is 0 Å². The molecule has 0 aromatic carbocycles. The highest BCUT2D eigenvalue weighted by molar-refractivity contribution is 5.72. The van der Waals surface area contributed by atoms with Gasteiger partial charge in [-0.15, -0.1) is 0 Å². The van der Waals surface area contributed by atoms with Crippen LogP contribution in [-0.4, -0.2) is 94.0 Å². The second kappa shape index (κ2) is 36.1. The highest BCUT2D eigenvalue weighted by atomic mass is 16.5. The van der Waals surface area contributed by atoms with E-state index in [0.29, 0.717) is 26.0 Å². The molecule has 0 heterocycles. The van der Waals surface area contributed by atoms with E-state index >= 15 is 0 Å². The molecule has 4 N–H and O–H groups in total. The van der Waals surface area contributed by atoms with Crippen molar-refractivity contribution in [1.82, 2.24) is 10.6 Å². The zero-order chi connectivity index (χ0) is 28.7. The van der Waals surface area contributed by atoms with Crippen molar-refractivity contribution in [2.75, 3.05) is 47.6 Å². The van der Waals surface area contributed by atoms with Crippen LogP contribution in [0.5, 0.6) is 0 Å². The average molecular weight is 515 g/mol. The van der Waals surface area contributed by atoms with Gasteiger partial charge in [0.05, 0.1) is 33.0 Å². The van der Waals surface area contributed by atoms with Gasteiger partial charge in [-0.25, -0.2) is 4.79 Å². The number of methoxy groups -OCH3 is 3. The number of ether oxygens (including phenoxy) is 4. The number of nitrogens with one attached hydrogen (secondary N) is 2. The van der Waals surface area contributed by atoms with Crippen LogP contribution in [-0.2, 0) is 33.3 Å². The van der Waals surface area contributed by atoms with Gasteiger partial charge >= 0.3 is 18.0 Å².